The van der Waals surface area contributed by atoms with Gasteiger partial charge in [0.15, 0.2) is 0 Å². The van der Waals surface area contributed by atoms with Crippen LogP contribution in [0.5, 0.6) is 0 Å². The highest BCUT2D eigenvalue weighted by Crippen LogP contribution is 2.32. The van der Waals surface area contributed by atoms with Gasteiger partial charge in [-0.1, -0.05) is 6.92 Å². The van der Waals surface area contributed by atoms with E-state index in [0.717, 1.165) is 13.0 Å². The molecule has 0 aromatic carbocycles. The summed E-state index contributed by atoms with van der Waals surface area (Å²) in [6, 6.07) is 0. The van der Waals surface area contributed by atoms with E-state index in [-0.39, 0.29) is 30.7 Å². The van der Waals surface area contributed by atoms with Crippen molar-refractivity contribution in [2.24, 2.45) is 11.8 Å². The molecule has 118 valence electrons. The molecule has 2 amide bonds. The van der Waals surface area contributed by atoms with Gasteiger partial charge in [-0.2, -0.15) is 0 Å². The number of rotatable bonds is 7. The fourth-order valence-corrected chi connectivity index (χ4v) is 2.74. The van der Waals surface area contributed by atoms with E-state index in [1.807, 2.05) is 11.8 Å². The van der Waals surface area contributed by atoms with Gasteiger partial charge in [-0.15, -0.1) is 0 Å². The Bertz CT molecular complexity index is 420. The van der Waals surface area contributed by atoms with Gasteiger partial charge in [0.05, 0.1) is 13.0 Å². The number of likely N-dealkylation sites (tertiary alicyclic amines) is 1. The molecule has 2 aliphatic rings. The zero-order chi connectivity index (χ0) is 15.4. The predicted molar refractivity (Wildman–Crippen MR) is 76.3 cm³/mol. The summed E-state index contributed by atoms with van der Waals surface area (Å²) in [7, 11) is 1.31. The fourth-order valence-electron chi connectivity index (χ4n) is 2.74. The quantitative estimate of drug-likeness (QED) is 0.647. The lowest BCUT2D eigenvalue weighted by molar-refractivity contribution is -0.148. The molecule has 1 aliphatic carbocycles. The lowest BCUT2D eigenvalue weighted by Crippen LogP contribution is -2.41. The number of amides is 2. The Hall–Kier alpha value is -1.59. The number of hydrogen-bond acceptors (Lipinski definition) is 4. The SMILES string of the molecule is CCCN(CC(=O)OC)C(=O)C1CC(=O)N(CC2CC2)C1. The van der Waals surface area contributed by atoms with Crippen LogP contribution in [0.25, 0.3) is 0 Å². The van der Waals surface area contributed by atoms with Crippen LogP contribution >= 0.6 is 0 Å². The first-order valence-electron chi connectivity index (χ1n) is 7.68. The van der Waals surface area contributed by atoms with Crippen molar-refractivity contribution >= 4 is 17.8 Å². The van der Waals surface area contributed by atoms with Gasteiger partial charge in [-0.05, 0) is 25.2 Å². The minimum Gasteiger partial charge on any atom is -0.468 e. The van der Waals surface area contributed by atoms with Gasteiger partial charge >= 0.3 is 5.97 Å². The van der Waals surface area contributed by atoms with Gasteiger partial charge in [0, 0.05) is 26.1 Å². The maximum Gasteiger partial charge on any atom is 0.325 e. The normalized spacial score (nSPS) is 21.5. The second-order valence-electron chi connectivity index (χ2n) is 5.98. The van der Waals surface area contributed by atoms with E-state index in [9.17, 15) is 14.4 Å². The zero-order valence-corrected chi connectivity index (χ0v) is 12.8. The summed E-state index contributed by atoms with van der Waals surface area (Å²) in [5.41, 5.74) is 0. The van der Waals surface area contributed by atoms with Gasteiger partial charge < -0.3 is 14.5 Å². The fraction of sp³-hybridized carbons (Fsp3) is 0.800. The molecule has 2 fully saturated rings. The van der Waals surface area contributed by atoms with Crippen molar-refractivity contribution in [2.45, 2.75) is 32.6 Å². The summed E-state index contributed by atoms with van der Waals surface area (Å²) in [5, 5.41) is 0. The Labute approximate surface area is 125 Å². The third-order valence-corrected chi connectivity index (χ3v) is 4.09. The number of carbonyl (C=O) groups excluding carboxylic acids is 3. The Balaban J connectivity index is 1.93. The second kappa shape index (κ2) is 6.91. The molecule has 1 saturated heterocycles. The standard InChI is InChI=1S/C15H24N2O4/c1-3-6-16(10-14(19)21-2)15(20)12-7-13(18)17(9-12)8-11-4-5-11/h11-12H,3-10H2,1-2H3. The molecule has 0 bridgehead atoms. The Morgan fingerprint density at radius 1 is 1.38 bits per heavy atom. The van der Waals surface area contributed by atoms with Crippen molar-refractivity contribution in [2.75, 3.05) is 33.3 Å². The van der Waals surface area contributed by atoms with Crippen molar-refractivity contribution in [3.63, 3.8) is 0 Å². The molecule has 1 saturated carbocycles. The first-order valence-corrected chi connectivity index (χ1v) is 7.68. The van der Waals surface area contributed by atoms with E-state index >= 15 is 0 Å². The molecule has 2 rings (SSSR count). The smallest absolute Gasteiger partial charge is 0.325 e. The maximum atomic E-state index is 12.5. The van der Waals surface area contributed by atoms with Gasteiger partial charge in [-0.25, -0.2) is 0 Å². The Morgan fingerprint density at radius 2 is 2.10 bits per heavy atom. The predicted octanol–water partition coefficient (Wildman–Crippen LogP) is 0.656. The molecule has 6 heteroatoms. The van der Waals surface area contributed by atoms with Crippen molar-refractivity contribution in [3.8, 4) is 0 Å². The first kappa shape index (κ1) is 15.8. The zero-order valence-electron chi connectivity index (χ0n) is 12.8. The molecule has 6 nitrogen and oxygen atoms in total. The average molecular weight is 296 g/mol. The van der Waals surface area contributed by atoms with E-state index in [4.69, 9.17) is 0 Å². The summed E-state index contributed by atoms with van der Waals surface area (Å²) in [5.74, 6) is -0.142. The second-order valence-corrected chi connectivity index (χ2v) is 5.98. The monoisotopic (exact) mass is 296 g/mol. The number of carbonyl (C=O) groups is 3. The third kappa shape index (κ3) is 4.19. The van der Waals surface area contributed by atoms with Crippen LogP contribution < -0.4 is 0 Å². The van der Waals surface area contributed by atoms with Crippen LogP contribution in [-0.2, 0) is 19.1 Å². The molecule has 0 spiro atoms. The lowest BCUT2D eigenvalue weighted by Gasteiger charge is -2.24. The third-order valence-electron chi connectivity index (χ3n) is 4.09. The lowest BCUT2D eigenvalue weighted by atomic mass is 10.1. The molecule has 0 N–H and O–H groups in total. The average Bonchev–Trinajstić information content (AvgIpc) is 3.20. The van der Waals surface area contributed by atoms with E-state index < -0.39 is 5.97 Å². The van der Waals surface area contributed by atoms with Crippen molar-refractivity contribution in [1.29, 1.82) is 0 Å². The summed E-state index contributed by atoms with van der Waals surface area (Å²) in [6.45, 7) is 3.72. The summed E-state index contributed by atoms with van der Waals surface area (Å²) >= 11 is 0. The van der Waals surface area contributed by atoms with Crippen molar-refractivity contribution < 1.29 is 19.1 Å². The molecule has 0 aromatic rings. The summed E-state index contributed by atoms with van der Waals surface area (Å²) in [4.78, 5) is 39.2. The molecular formula is C15H24N2O4. The minimum absolute atomic E-state index is 0.0313. The highest BCUT2D eigenvalue weighted by molar-refractivity contribution is 5.90. The summed E-state index contributed by atoms with van der Waals surface area (Å²) in [6.07, 6.45) is 3.42. The van der Waals surface area contributed by atoms with E-state index in [0.29, 0.717) is 19.0 Å². The van der Waals surface area contributed by atoms with Crippen molar-refractivity contribution in [3.05, 3.63) is 0 Å². The van der Waals surface area contributed by atoms with Gasteiger partial charge in [-0.3, -0.25) is 14.4 Å². The molecule has 0 aromatic heterocycles. The molecule has 0 radical (unpaired) electrons. The molecule has 1 unspecified atom stereocenters. The number of nitrogens with zero attached hydrogens (tertiary/aromatic N) is 2. The van der Waals surface area contributed by atoms with Crippen LogP contribution in [0, 0.1) is 11.8 Å². The molecule has 1 heterocycles. The van der Waals surface area contributed by atoms with Crippen LogP contribution in [0.3, 0.4) is 0 Å². The van der Waals surface area contributed by atoms with Gasteiger partial charge in [0.25, 0.3) is 0 Å². The number of hydrogen-bond donors (Lipinski definition) is 0. The number of methoxy groups -OCH3 is 1. The van der Waals surface area contributed by atoms with E-state index in [2.05, 4.69) is 4.74 Å². The minimum atomic E-state index is -0.420. The van der Waals surface area contributed by atoms with Crippen molar-refractivity contribution in [1.82, 2.24) is 9.80 Å². The maximum absolute atomic E-state index is 12.5. The summed E-state index contributed by atoms with van der Waals surface area (Å²) < 4.78 is 4.63. The highest BCUT2D eigenvalue weighted by Gasteiger charge is 2.38. The first-order chi connectivity index (χ1) is 10.0. The van der Waals surface area contributed by atoms with Crippen LogP contribution in [0.4, 0.5) is 0 Å². The topological polar surface area (TPSA) is 66.9 Å². The molecule has 1 atom stereocenters. The number of esters is 1. The van der Waals surface area contributed by atoms with Crippen LogP contribution in [0.2, 0.25) is 0 Å². The van der Waals surface area contributed by atoms with Crippen LogP contribution in [-0.4, -0.2) is 60.9 Å². The number of ether oxygens (including phenoxy) is 1. The van der Waals surface area contributed by atoms with Crippen LogP contribution in [0.15, 0.2) is 0 Å². The Morgan fingerprint density at radius 3 is 2.67 bits per heavy atom. The van der Waals surface area contributed by atoms with Crippen LogP contribution in [0.1, 0.15) is 32.6 Å². The largest absolute Gasteiger partial charge is 0.468 e. The Kier molecular flexibility index (Phi) is 5.20. The van der Waals surface area contributed by atoms with Gasteiger partial charge in [0.2, 0.25) is 11.8 Å². The van der Waals surface area contributed by atoms with E-state index in [1.165, 1.54) is 24.9 Å². The van der Waals surface area contributed by atoms with E-state index in [1.54, 1.807) is 0 Å². The molecular weight excluding hydrogens is 272 g/mol. The van der Waals surface area contributed by atoms with Gasteiger partial charge in [0.1, 0.15) is 6.54 Å². The molecule has 21 heavy (non-hydrogen) atoms. The highest BCUT2D eigenvalue weighted by atomic mass is 16.5. The molecule has 1 aliphatic heterocycles.